The highest BCUT2D eigenvalue weighted by Gasteiger charge is 2.11. The largest absolute Gasteiger partial charge is 0.303 e. The predicted molar refractivity (Wildman–Crippen MR) is 62.3 cm³/mol. The molecule has 0 aliphatic heterocycles. The number of nitro benzene ring substituents is 1. The van der Waals surface area contributed by atoms with Gasteiger partial charge in [0.15, 0.2) is 0 Å². The van der Waals surface area contributed by atoms with Gasteiger partial charge in [0.2, 0.25) is 0 Å². The summed E-state index contributed by atoms with van der Waals surface area (Å²) in [4.78, 5) is 20.5. The van der Waals surface area contributed by atoms with Crippen molar-refractivity contribution in [1.29, 1.82) is 0 Å². The average molecular weight is 219 g/mol. The SMILES string of the molecule is Cc1cc(C)c([N+](=O)[O-])cc1C=CCC=O. The molecule has 1 aromatic rings. The number of hydrogen-bond donors (Lipinski definition) is 0. The topological polar surface area (TPSA) is 60.2 Å². The molecule has 84 valence electrons. The molecule has 0 fully saturated rings. The molecule has 0 aliphatic carbocycles. The Morgan fingerprint density at radius 3 is 2.56 bits per heavy atom. The third-order valence-corrected chi connectivity index (χ3v) is 2.31. The Hall–Kier alpha value is -1.97. The fraction of sp³-hybridized carbons (Fsp3) is 0.250. The number of hydrogen-bond acceptors (Lipinski definition) is 3. The van der Waals surface area contributed by atoms with Crippen LogP contribution < -0.4 is 0 Å². The summed E-state index contributed by atoms with van der Waals surface area (Å²) in [6.45, 7) is 3.60. The molecule has 0 N–H and O–H groups in total. The van der Waals surface area contributed by atoms with Crippen molar-refractivity contribution in [3.05, 3.63) is 45.0 Å². The minimum Gasteiger partial charge on any atom is -0.303 e. The quantitative estimate of drug-likeness (QED) is 0.444. The van der Waals surface area contributed by atoms with Crippen LogP contribution in [0.25, 0.3) is 6.08 Å². The molecule has 0 spiro atoms. The van der Waals surface area contributed by atoms with Gasteiger partial charge in [0.1, 0.15) is 6.29 Å². The number of nitro groups is 1. The molecule has 4 nitrogen and oxygen atoms in total. The van der Waals surface area contributed by atoms with Crippen LogP contribution in [0.3, 0.4) is 0 Å². The number of benzene rings is 1. The van der Waals surface area contributed by atoms with E-state index >= 15 is 0 Å². The normalized spacial score (nSPS) is 10.6. The molecule has 0 atom stereocenters. The molecule has 0 bridgehead atoms. The molecule has 0 heterocycles. The van der Waals surface area contributed by atoms with E-state index in [9.17, 15) is 14.9 Å². The number of aryl methyl sites for hydroxylation is 2. The van der Waals surface area contributed by atoms with Crippen molar-refractivity contribution in [3.63, 3.8) is 0 Å². The zero-order valence-electron chi connectivity index (χ0n) is 9.27. The van der Waals surface area contributed by atoms with Crippen molar-refractivity contribution in [3.8, 4) is 0 Å². The first kappa shape index (κ1) is 12.1. The Morgan fingerprint density at radius 1 is 1.31 bits per heavy atom. The van der Waals surface area contributed by atoms with Crippen LogP contribution in [0.1, 0.15) is 23.1 Å². The lowest BCUT2D eigenvalue weighted by Crippen LogP contribution is -1.94. The molecule has 0 saturated heterocycles. The summed E-state index contributed by atoms with van der Waals surface area (Å²) in [5.41, 5.74) is 2.50. The monoisotopic (exact) mass is 219 g/mol. The highest BCUT2D eigenvalue weighted by atomic mass is 16.6. The molecule has 16 heavy (non-hydrogen) atoms. The van der Waals surface area contributed by atoms with E-state index in [0.29, 0.717) is 12.0 Å². The van der Waals surface area contributed by atoms with Crippen LogP contribution in [0.2, 0.25) is 0 Å². The van der Waals surface area contributed by atoms with Gasteiger partial charge < -0.3 is 4.79 Å². The van der Waals surface area contributed by atoms with Crippen molar-refractivity contribution >= 4 is 18.0 Å². The molecule has 1 rings (SSSR count). The van der Waals surface area contributed by atoms with Crippen LogP contribution >= 0.6 is 0 Å². The number of allylic oxidation sites excluding steroid dienone is 1. The van der Waals surface area contributed by atoms with E-state index in [0.717, 1.165) is 17.4 Å². The lowest BCUT2D eigenvalue weighted by Gasteiger charge is -2.03. The molecule has 0 aromatic heterocycles. The van der Waals surface area contributed by atoms with Gasteiger partial charge in [-0.15, -0.1) is 0 Å². The molecule has 0 amide bonds. The zero-order chi connectivity index (χ0) is 12.1. The summed E-state index contributed by atoms with van der Waals surface area (Å²) in [6, 6.07) is 3.31. The van der Waals surface area contributed by atoms with Crippen LogP contribution in [0, 0.1) is 24.0 Å². The van der Waals surface area contributed by atoms with Crippen molar-refractivity contribution in [2.45, 2.75) is 20.3 Å². The Bertz CT molecular complexity index is 450. The van der Waals surface area contributed by atoms with Gasteiger partial charge in [-0.25, -0.2) is 0 Å². The number of aldehydes is 1. The van der Waals surface area contributed by atoms with Crippen molar-refractivity contribution in [2.24, 2.45) is 0 Å². The molecule has 0 unspecified atom stereocenters. The molecule has 0 saturated carbocycles. The number of nitrogens with zero attached hydrogens (tertiary/aromatic N) is 1. The summed E-state index contributed by atoms with van der Waals surface area (Å²) in [5.74, 6) is 0. The van der Waals surface area contributed by atoms with Crippen LogP contribution in [-0.2, 0) is 4.79 Å². The maximum atomic E-state index is 10.7. The fourth-order valence-electron chi connectivity index (χ4n) is 1.48. The highest BCUT2D eigenvalue weighted by molar-refractivity contribution is 5.62. The molecule has 4 heteroatoms. The minimum absolute atomic E-state index is 0.108. The average Bonchev–Trinajstić information content (AvgIpc) is 2.21. The second kappa shape index (κ2) is 5.21. The van der Waals surface area contributed by atoms with Crippen LogP contribution in [0.5, 0.6) is 0 Å². The lowest BCUT2D eigenvalue weighted by atomic mass is 10.0. The summed E-state index contributed by atoms with van der Waals surface area (Å²) in [5, 5.41) is 10.7. The Morgan fingerprint density at radius 2 is 2.00 bits per heavy atom. The maximum absolute atomic E-state index is 10.7. The molecular weight excluding hydrogens is 206 g/mol. The van der Waals surface area contributed by atoms with E-state index in [4.69, 9.17) is 0 Å². The summed E-state index contributed by atoms with van der Waals surface area (Å²) in [7, 11) is 0. The predicted octanol–water partition coefficient (Wildman–Crippen LogP) is 2.81. The minimum atomic E-state index is -0.397. The van der Waals surface area contributed by atoms with E-state index in [1.165, 1.54) is 6.07 Å². The van der Waals surface area contributed by atoms with E-state index in [1.54, 1.807) is 25.1 Å². The lowest BCUT2D eigenvalue weighted by molar-refractivity contribution is -0.385. The van der Waals surface area contributed by atoms with Gasteiger partial charge in [0.25, 0.3) is 5.69 Å². The Kier molecular flexibility index (Phi) is 3.94. The fourth-order valence-corrected chi connectivity index (χ4v) is 1.48. The number of rotatable bonds is 4. The standard InChI is InChI=1S/C12H13NO3/c1-9-7-10(2)12(13(15)16)8-11(9)5-3-4-6-14/h3,5-8H,4H2,1-2H3. The third kappa shape index (κ3) is 2.76. The van der Waals surface area contributed by atoms with Crippen LogP contribution in [-0.4, -0.2) is 11.2 Å². The summed E-state index contributed by atoms with van der Waals surface area (Å²) >= 11 is 0. The second-order valence-electron chi connectivity index (χ2n) is 3.56. The molecule has 0 aliphatic rings. The third-order valence-electron chi connectivity index (χ3n) is 2.31. The first-order chi connectivity index (χ1) is 7.56. The molecular formula is C12H13NO3. The van der Waals surface area contributed by atoms with E-state index < -0.39 is 4.92 Å². The second-order valence-corrected chi connectivity index (χ2v) is 3.56. The highest BCUT2D eigenvalue weighted by Crippen LogP contribution is 2.23. The van der Waals surface area contributed by atoms with Gasteiger partial charge in [-0.3, -0.25) is 10.1 Å². The van der Waals surface area contributed by atoms with E-state index in [-0.39, 0.29) is 5.69 Å². The Balaban J connectivity index is 3.14. The van der Waals surface area contributed by atoms with Crippen LogP contribution in [0.15, 0.2) is 18.2 Å². The number of carbonyl (C=O) groups excluding carboxylic acids is 1. The first-order valence-electron chi connectivity index (χ1n) is 4.92. The van der Waals surface area contributed by atoms with Gasteiger partial charge >= 0.3 is 0 Å². The van der Waals surface area contributed by atoms with Gasteiger partial charge in [-0.05, 0) is 31.0 Å². The smallest absolute Gasteiger partial charge is 0.272 e. The van der Waals surface area contributed by atoms with Gasteiger partial charge in [-0.1, -0.05) is 12.2 Å². The van der Waals surface area contributed by atoms with Crippen molar-refractivity contribution < 1.29 is 9.72 Å². The maximum Gasteiger partial charge on any atom is 0.272 e. The van der Waals surface area contributed by atoms with Crippen molar-refractivity contribution in [2.75, 3.05) is 0 Å². The summed E-state index contributed by atoms with van der Waals surface area (Å²) in [6.07, 6.45) is 4.53. The van der Waals surface area contributed by atoms with E-state index in [2.05, 4.69) is 0 Å². The Labute approximate surface area is 93.7 Å². The molecule has 0 radical (unpaired) electrons. The first-order valence-corrected chi connectivity index (χ1v) is 4.92. The summed E-state index contributed by atoms with van der Waals surface area (Å²) < 4.78 is 0. The van der Waals surface area contributed by atoms with Crippen molar-refractivity contribution in [1.82, 2.24) is 0 Å². The molecule has 1 aromatic carbocycles. The van der Waals surface area contributed by atoms with Gasteiger partial charge in [0, 0.05) is 18.1 Å². The zero-order valence-corrected chi connectivity index (χ0v) is 9.27. The van der Waals surface area contributed by atoms with Gasteiger partial charge in [-0.2, -0.15) is 0 Å². The van der Waals surface area contributed by atoms with E-state index in [1.807, 2.05) is 6.92 Å². The number of carbonyl (C=O) groups is 1. The van der Waals surface area contributed by atoms with Gasteiger partial charge in [0.05, 0.1) is 4.92 Å². The van der Waals surface area contributed by atoms with Crippen LogP contribution in [0.4, 0.5) is 5.69 Å².